The van der Waals surface area contributed by atoms with Gasteiger partial charge in [0.05, 0.1) is 17.4 Å². The molecule has 0 saturated carbocycles. The van der Waals surface area contributed by atoms with Crippen LogP contribution in [0.15, 0.2) is 34.7 Å². The normalized spacial score (nSPS) is 12.4. The standard InChI is InChI=1S/C10H6ClF3N2O2S2/c11-9-15-5-8(19-9)20(17,18)16-7-4-2-1-3-6(7)10(12,13)14/h1-5,16H. The molecule has 0 radical (unpaired) electrons. The average Bonchev–Trinajstić information content (AvgIpc) is 2.75. The summed E-state index contributed by atoms with van der Waals surface area (Å²) in [6.07, 6.45) is -3.68. The average molecular weight is 343 g/mol. The Bertz CT molecular complexity index is 728. The molecule has 4 nitrogen and oxygen atoms in total. The first-order chi connectivity index (χ1) is 9.20. The highest BCUT2D eigenvalue weighted by atomic mass is 35.5. The summed E-state index contributed by atoms with van der Waals surface area (Å²) < 4.78 is 63.8. The maximum atomic E-state index is 12.8. The lowest BCUT2D eigenvalue weighted by Crippen LogP contribution is -2.16. The second-order valence-electron chi connectivity index (χ2n) is 3.58. The lowest BCUT2D eigenvalue weighted by atomic mass is 10.2. The zero-order valence-corrected chi connectivity index (χ0v) is 11.9. The predicted octanol–water partition coefficient (Wildman–Crippen LogP) is 3.62. The summed E-state index contributed by atoms with van der Waals surface area (Å²) in [6.45, 7) is 0. The van der Waals surface area contributed by atoms with Crippen LogP contribution in [0.5, 0.6) is 0 Å². The topological polar surface area (TPSA) is 59.1 Å². The van der Waals surface area contributed by atoms with Crippen LogP contribution in [0, 0.1) is 0 Å². The van der Waals surface area contributed by atoms with E-state index in [2.05, 4.69) is 4.98 Å². The van der Waals surface area contributed by atoms with Gasteiger partial charge in [-0.15, -0.1) is 0 Å². The van der Waals surface area contributed by atoms with Gasteiger partial charge in [0.25, 0.3) is 10.0 Å². The van der Waals surface area contributed by atoms with Crippen molar-refractivity contribution < 1.29 is 21.6 Å². The molecule has 1 N–H and O–H groups in total. The molecule has 20 heavy (non-hydrogen) atoms. The molecule has 0 aliphatic rings. The van der Waals surface area contributed by atoms with Gasteiger partial charge in [0.15, 0.2) is 8.68 Å². The Kier molecular flexibility index (Phi) is 3.94. The number of halogens is 4. The second-order valence-corrected chi connectivity index (χ2v) is 7.10. The van der Waals surface area contributed by atoms with Crippen molar-refractivity contribution in [2.75, 3.05) is 4.72 Å². The van der Waals surface area contributed by atoms with E-state index < -0.39 is 27.5 Å². The molecular formula is C10H6ClF3N2O2S2. The summed E-state index contributed by atoms with van der Waals surface area (Å²) in [6, 6.07) is 4.29. The predicted molar refractivity (Wildman–Crippen MR) is 69.4 cm³/mol. The van der Waals surface area contributed by atoms with Crippen LogP contribution in [0.4, 0.5) is 18.9 Å². The Hall–Kier alpha value is -1.32. The molecular weight excluding hydrogens is 337 g/mol. The minimum absolute atomic E-state index is 0.0190. The van der Waals surface area contributed by atoms with E-state index in [9.17, 15) is 21.6 Å². The number of sulfonamides is 1. The first-order valence-electron chi connectivity index (χ1n) is 5.00. The number of thiazole rings is 1. The summed E-state index contributed by atoms with van der Waals surface area (Å²) in [4.78, 5) is 3.54. The molecule has 1 aromatic carbocycles. The Balaban J connectivity index is 2.40. The van der Waals surface area contributed by atoms with Crippen LogP contribution >= 0.6 is 22.9 Å². The maximum Gasteiger partial charge on any atom is 0.418 e. The molecule has 0 aliphatic carbocycles. The van der Waals surface area contributed by atoms with Crippen molar-refractivity contribution >= 4 is 38.6 Å². The van der Waals surface area contributed by atoms with Gasteiger partial charge in [-0.3, -0.25) is 4.72 Å². The van der Waals surface area contributed by atoms with Gasteiger partial charge < -0.3 is 0 Å². The van der Waals surface area contributed by atoms with Gasteiger partial charge in [0.1, 0.15) is 0 Å². The Morgan fingerprint density at radius 3 is 2.45 bits per heavy atom. The minimum Gasteiger partial charge on any atom is -0.278 e. The van der Waals surface area contributed by atoms with E-state index in [-0.39, 0.29) is 8.68 Å². The van der Waals surface area contributed by atoms with Gasteiger partial charge in [0, 0.05) is 0 Å². The Morgan fingerprint density at radius 1 is 1.25 bits per heavy atom. The zero-order chi connectivity index (χ0) is 15.0. The quantitative estimate of drug-likeness (QED) is 0.926. The minimum atomic E-state index is -4.66. The fourth-order valence-corrected chi connectivity index (χ4v) is 3.75. The van der Waals surface area contributed by atoms with Crippen molar-refractivity contribution in [2.24, 2.45) is 0 Å². The lowest BCUT2D eigenvalue weighted by Gasteiger charge is -2.13. The van der Waals surface area contributed by atoms with Gasteiger partial charge in [-0.05, 0) is 12.1 Å². The Morgan fingerprint density at radius 2 is 1.90 bits per heavy atom. The number of hydrogen-bond acceptors (Lipinski definition) is 4. The van der Waals surface area contributed by atoms with Crippen molar-refractivity contribution in [1.29, 1.82) is 0 Å². The highest BCUT2D eigenvalue weighted by molar-refractivity contribution is 7.94. The van der Waals surface area contributed by atoms with Crippen LogP contribution < -0.4 is 4.72 Å². The molecule has 0 amide bonds. The van der Waals surface area contributed by atoms with Gasteiger partial charge in [0.2, 0.25) is 0 Å². The van der Waals surface area contributed by atoms with Crippen LogP contribution in [0.1, 0.15) is 5.56 Å². The van der Waals surface area contributed by atoms with Gasteiger partial charge >= 0.3 is 6.18 Å². The third kappa shape index (κ3) is 3.22. The van der Waals surface area contributed by atoms with E-state index in [1.807, 2.05) is 4.72 Å². The van der Waals surface area contributed by atoms with Crippen LogP contribution in [0.3, 0.4) is 0 Å². The SMILES string of the molecule is O=S(=O)(Nc1ccccc1C(F)(F)F)c1cnc(Cl)s1. The smallest absolute Gasteiger partial charge is 0.278 e. The molecule has 0 atom stereocenters. The fraction of sp³-hybridized carbons (Fsp3) is 0.100. The van der Waals surface area contributed by atoms with Crippen molar-refractivity contribution in [1.82, 2.24) is 4.98 Å². The maximum absolute atomic E-state index is 12.8. The number of nitrogens with one attached hydrogen (secondary N) is 1. The fourth-order valence-electron chi connectivity index (χ4n) is 1.38. The van der Waals surface area contributed by atoms with Crippen LogP contribution in [-0.2, 0) is 16.2 Å². The molecule has 2 aromatic rings. The van der Waals surface area contributed by atoms with E-state index in [0.717, 1.165) is 18.3 Å². The van der Waals surface area contributed by atoms with Gasteiger partial charge in [-0.1, -0.05) is 35.1 Å². The molecule has 0 bridgehead atoms. The monoisotopic (exact) mass is 342 g/mol. The van der Waals surface area contributed by atoms with Crippen molar-refractivity contribution in [3.63, 3.8) is 0 Å². The van der Waals surface area contributed by atoms with Crippen LogP contribution in [0.2, 0.25) is 4.47 Å². The first kappa shape index (κ1) is 15.1. The lowest BCUT2D eigenvalue weighted by molar-refractivity contribution is -0.136. The first-order valence-corrected chi connectivity index (χ1v) is 7.68. The molecule has 0 aliphatic heterocycles. The van der Waals surface area contributed by atoms with E-state index in [1.54, 1.807) is 0 Å². The molecule has 0 unspecified atom stereocenters. The van der Waals surface area contributed by atoms with E-state index >= 15 is 0 Å². The Labute approximate surface area is 121 Å². The van der Waals surface area contributed by atoms with Crippen LogP contribution in [-0.4, -0.2) is 13.4 Å². The molecule has 1 aromatic heterocycles. The summed E-state index contributed by atoms with van der Waals surface area (Å²) in [5, 5.41) is 0. The van der Waals surface area contributed by atoms with Crippen molar-refractivity contribution in [3.05, 3.63) is 40.5 Å². The number of anilines is 1. The van der Waals surface area contributed by atoms with Gasteiger partial charge in [-0.2, -0.15) is 13.2 Å². The summed E-state index contributed by atoms with van der Waals surface area (Å²) in [5.74, 6) is 0. The molecule has 0 fully saturated rings. The van der Waals surface area contributed by atoms with Crippen LogP contribution in [0.25, 0.3) is 0 Å². The number of nitrogens with zero attached hydrogens (tertiary/aromatic N) is 1. The van der Waals surface area contributed by atoms with Crippen molar-refractivity contribution in [3.8, 4) is 0 Å². The molecule has 1 heterocycles. The number of benzene rings is 1. The number of para-hydroxylation sites is 1. The van der Waals surface area contributed by atoms with Crippen molar-refractivity contribution in [2.45, 2.75) is 10.4 Å². The summed E-state index contributed by atoms with van der Waals surface area (Å²) in [5.41, 5.74) is -1.62. The molecule has 10 heteroatoms. The number of hydrogen-bond donors (Lipinski definition) is 1. The third-order valence-corrected chi connectivity index (χ3v) is 5.14. The molecule has 2 rings (SSSR count). The number of aromatic nitrogens is 1. The van der Waals surface area contributed by atoms with E-state index in [1.165, 1.54) is 12.1 Å². The van der Waals surface area contributed by atoms with Gasteiger partial charge in [-0.25, -0.2) is 13.4 Å². The number of rotatable bonds is 3. The molecule has 0 saturated heterocycles. The summed E-state index contributed by atoms with van der Waals surface area (Å²) in [7, 11) is -4.15. The highest BCUT2D eigenvalue weighted by Gasteiger charge is 2.34. The van der Waals surface area contributed by atoms with E-state index in [0.29, 0.717) is 11.3 Å². The number of alkyl halides is 3. The highest BCUT2D eigenvalue weighted by Crippen LogP contribution is 2.35. The molecule has 0 spiro atoms. The summed E-state index contributed by atoms with van der Waals surface area (Å²) >= 11 is 6.16. The largest absolute Gasteiger partial charge is 0.418 e. The third-order valence-electron chi connectivity index (χ3n) is 2.20. The zero-order valence-electron chi connectivity index (χ0n) is 9.48. The second kappa shape index (κ2) is 5.23. The molecule has 108 valence electrons. The van der Waals surface area contributed by atoms with E-state index in [4.69, 9.17) is 11.6 Å².